The van der Waals surface area contributed by atoms with Crippen LogP contribution < -0.4 is 0 Å². The minimum Gasteiger partial charge on any atom is -0.0864 e. The summed E-state index contributed by atoms with van der Waals surface area (Å²) in [4.78, 5) is 0. The summed E-state index contributed by atoms with van der Waals surface area (Å²) < 4.78 is 1.34. The maximum absolute atomic E-state index is 2.46. The van der Waals surface area contributed by atoms with Gasteiger partial charge in [-0.2, -0.15) is 0 Å². The van der Waals surface area contributed by atoms with Gasteiger partial charge in [-0.3, -0.25) is 0 Å². The smallest absolute Gasteiger partial charge is 0.000473 e. The topological polar surface area (TPSA) is 0 Å². The Morgan fingerprint density at radius 2 is 1.30 bits per heavy atom. The van der Waals surface area contributed by atoms with E-state index in [-0.39, 0.29) is 0 Å². The van der Waals surface area contributed by atoms with Crippen LogP contribution in [0.3, 0.4) is 0 Å². The van der Waals surface area contributed by atoms with Crippen molar-refractivity contribution in [1.82, 2.24) is 0 Å². The lowest BCUT2D eigenvalue weighted by Gasteiger charge is -1.97. The fraction of sp³-hybridized carbons (Fsp3) is 1.00. The van der Waals surface area contributed by atoms with E-state index in [1.165, 1.54) is 49.4 Å². The predicted octanol–water partition coefficient (Wildman–Crippen LogP) is 4.17. The van der Waals surface area contributed by atoms with Crippen molar-refractivity contribution in [1.29, 1.82) is 0 Å². The molecule has 0 heterocycles. The van der Waals surface area contributed by atoms with Crippen LogP contribution in [0.2, 0.25) is 0 Å². The van der Waals surface area contributed by atoms with Crippen LogP contribution in [0.1, 0.15) is 51.9 Å². The molecule has 0 radical (unpaired) electrons. The highest BCUT2D eigenvalue weighted by molar-refractivity contribution is 14.1. The molecule has 0 atom stereocenters. The van der Waals surface area contributed by atoms with E-state index in [0.29, 0.717) is 0 Å². The standard InChI is InChI=1S/C9H19I/c1-2-3-4-5-6-7-8-9-10/h2-9H2,1H3. The zero-order chi connectivity index (χ0) is 7.66. The van der Waals surface area contributed by atoms with Crippen LogP contribution >= 0.6 is 22.6 Å². The first-order valence-corrected chi connectivity index (χ1v) is 6.00. The van der Waals surface area contributed by atoms with E-state index < -0.39 is 0 Å². The summed E-state index contributed by atoms with van der Waals surface area (Å²) in [5, 5.41) is 0. The maximum atomic E-state index is 2.46. The van der Waals surface area contributed by atoms with Crippen LogP contribution in [-0.4, -0.2) is 4.43 Å². The maximum Gasteiger partial charge on any atom is -0.000473 e. The van der Waals surface area contributed by atoms with Gasteiger partial charge in [0, 0.05) is 0 Å². The highest BCUT2D eigenvalue weighted by atomic mass is 127. The molecule has 0 saturated heterocycles. The van der Waals surface area contributed by atoms with Crippen molar-refractivity contribution in [2.45, 2.75) is 51.9 Å². The second-order valence-corrected chi connectivity index (χ2v) is 3.89. The summed E-state index contributed by atoms with van der Waals surface area (Å²) in [7, 11) is 0. The molecule has 0 aliphatic heterocycles. The second kappa shape index (κ2) is 9.73. The van der Waals surface area contributed by atoms with Crippen LogP contribution in [0.25, 0.3) is 0 Å². The zero-order valence-electron chi connectivity index (χ0n) is 7.03. The molecule has 0 aliphatic rings. The van der Waals surface area contributed by atoms with Gasteiger partial charge >= 0.3 is 0 Å². The van der Waals surface area contributed by atoms with Gasteiger partial charge in [0.25, 0.3) is 0 Å². The first-order chi connectivity index (χ1) is 4.91. The zero-order valence-corrected chi connectivity index (χ0v) is 9.19. The van der Waals surface area contributed by atoms with Gasteiger partial charge in [0.05, 0.1) is 0 Å². The van der Waals surface area contributed by atoms with Crippen molar-refractivity contribution in [2.24, 2.45) is 0 Å². The third kappa shape index (κ3) is 8.73. The minimum atomic E-state index is 1.34. The fourth-order valence-electron chi connectivity index (χ4n) is 1.05. The van der Waals surface area contributed by atoms with Gasteiger partial charge in [-0.25, -0.2) is 0 Å². The minimum absolute atomic E-state index is 1.34. The summed E-state index contributed by atoms with van der Waals surface area (Å²) in [5.74, 6) is 0. The number of unbranched alkanes of at least 4 members (excludes halogenated alkanes) is 6. The number of hydrogen-bond donors (Lipinski definition) is 0. The molecular weight excluding hydrogens is 235 g/mol. The van der Waals surface area contributed by atoms with Gasteiger partial charge in [-0.1, -0.05) is 68.0 Å². The third-order valence-electron chi connectivity index (χ3n) is 1.74. The molecule has 0 fully saturated rings. The molecule has 0 unspecified atom stereocenters. The van der Waals surface area contributed by atoms with Crippen LogP contribution in [-0.2, 0) is 0 Å². The molecule has 0 spiro atoms. The molecular formula is C9H19I. The third-order valence-corrected chi connectivity index (χ3v) is 2.50. The molecule has 10 heavy (non-hydrogen) atoms. The van der Waals surface area contributed by atoms with E-state index in [9.17, 15) is 0 Å². The Bertz CT molecular complexity index is 44.7. The molecule has 0 amide bonds. The Hall–Kier alpha value is 0.730. The summed E-state index contributed by atoms with van der Waals surface area (Å²) >= 11 is 2.46. The first kappa shape index (κ1) is 10.7. The molecule has 0 aliphatic carbocycles. The first-order valence-electron chi connectivity index (χ1n) is 4.47. The summed E-state index contributed by atoms with van der Waals surface area (Å²) in [5.41, 5.74) is 0. The Balaban J connectivity index is 2.65. The molecule has 0 aromatic rings. The molecule has 0 saturated carbocycles. The molecule has 62 valence electrons. The van der Waals surface area contributed by atoms with Crippen molar-refractivity contribution in [2.75, 3.05) is 4.43 Å². The normalized spacial score (nSPS) is 10.2. The largest absolute Gasteiger partial charge is 0.0864 e. The molecule has 0 N–H and O–H groups in total. The molecule has 1 heteroatoms. The van der Waals surface area contributed by atoms with Crippen molar-refractivity contribution in [3.63, 3.8) is 0 Å². The molecule has 0 aromatic heterocycles. The number of hydrogen-bond acceptors (Lipinski definition) is 0. The number of halogens is 1. The van der Waals surface area contributed by atoms with Gasteiger partial charge in [-0.15, -0.1) is 0 Å². The van der Waals surface area contributed by atoms with Gasteiger partial charge < -0.3 is 0 Å². The molecule has 0 aromatic carbocycles. The SMILES string of the molecule is CCCCCCCCCI. The number of alkyl halides is 1. The van der Waals surface area contributed by atoms with Crippen molar-refractivity contribution < 1.29 is 0 Å². The number of rotatable bonds is 7. The Kier molecular flexibility index (Phi) is 10.4. The van der Waals surface area contributed by atoms with Crippen molar-refractivity contribution >= 4 is 22.6 Å². The van der Waals surface area contributed by atoms with Crippen molar-refractivity contribution in [3.05, 3.63) is 0 Å². The lowest BCUT2D eigenvalue weighted by atomic mass is 10.1. The van der Waals surface area contributed by atoms with Gasteiger partial charge in [0.2, 0.25) is 0 Å². The highest BCUT2D eigenvalue weighted by Crippen LogP contribution is 2.07. The van der Waals surface area contributed by atoms with Crippen LogP contribution in [0, 0.1) is 0 Å². The van der Waals surface area contributed by atoms with E-state index in [1.54, 1.807) is 0 Å². The van der Waals surface area contributed by atoms with Crippen LogP contribution in [0.4, 0.5) is 0 Å². The van der Waals surface area contributed by atoms with E-state index in [2.05, 4.69) is 29.5 Å². The summed E-state index contributed by atoms with van der Waals surface area (Å²) in [6.45, 7) is 2.27. The highest BCUT2D eigenvalue weighted by Gasteiger charge is 1.87. The van der Waals surface area contributed by atoms with E-state index in [1.807, 2.05) is 0 Å². The van der Waals surface area contributed by atoms with E-state index >= 15 is 0 Å². The van der Waals surface area contributed by atoms with E-state index in [0.717, 1.165) is 0 Å². The average molecular weight is 254 g/mol. The Labute approximate surface area is 78.9 Å². The van der Waals surface area contributed by atoms with Gasteiger partial charge in [0.1, 0.15) is 0 Å². The van der Waals surface area contributed by atoms with Gasteiger partial charge in [-0.05, 0) is 10.8 Å². The Morgan fingerprint density at radius 1 is 0.800 bits per heavy atom. The molecule has 0 nitrogen and oxygen atoms in total. The second-order valence-electron chi connectivity index (χ2n) is 2.81. The summed E-state index contributed by atoms with van der Waals surface area (Å²) in [6, 6.07) is 0. The fourth-order valence-corrected chi connectivity index (χ4v) is 1.59. The van der Waals surface area contributed by atoms with Gasteiger partial charge in [0.15, 0.2) is 0 Å². The lowest BCUT2D eigenvalue weighted by Crippen LogP contribution is -1.79. The summed E-state index contributed by atoms with van der Waals surface area (Å²) in [6.07, 6.45) is 10.1. The van der Waals surface area contributed by atoms with Crippen molar-refractivity contribution in [3.8, 4) is 0 Å². The monoisotopic (exact) mass is 254 g/mol. The lowest BCUT2D eigenvalue weighted by molar-refractivity contribution is 0.605. The van der Waals surface area contributed by atoms with Crippen LogP contribution in [0.5, 0.6) is 0 Å². The predicted molar refractivity (Wildman–Crippen MR) is 56.9 cm³/mol. The molecule has 0 rings (SSSR count). The Morgan fingerprint density at radius 3 is 1.80 bits per heavy atom. The quantitative estimate of drug-likeness (QED) is 0.363. The van der Waals surface area contributed by atoms with E-state index in [4.69, 9.17) is 0 Å². The van der Waals surface area contributed by atoms with Crippen LogP contribution in [0.15, 0.2) is 0 Å². The average Bonchev–Trinajstić information content (AvgIpc) is 1.97. The molecule has 0 bridgehead atoms.